The van der Waals surface area contributed by atoms with Gasteiger partial charge in [-0.3, -0.25) is 4.79 Å². The molecule has 0 aliphatic heterocycles. The summed E-state index contributed by atoms with van der Waals surface area (Å²) in [7, 11) is 3.03. The number of anilines is 1. The number of benzene rings is 1. The minimum atomic E-state index is -0.781. The molecule has 0 unspecified atom stereocenters. The third kappa shape index (κ3) is 2.84. The molecule has 0 atom stereocenters. The summed E-state index contributed by atoms with van der Waals surface area (Å²) in [5.41, 5.74) is -0.255. The number of nitrogens with one attached hydrogen (secondary N) is 2. The summed E-state index contributed by atoms with van der Waals surface area (Å²) in [5, 5.41) is 5.12. The average molecular weight is 270 g/mol. The molecular formula is C13H16F2N2O2. The van der Waals surface area contributed by atoms with E-state index in [4.69, 9.17) is 4.74 Å². The molecule has 104 valence electrons. The quantitative estimate of drug-likeness (QED) is 0.878. The molecule has 0 radical (unpaired) electrons. The number of methoxy groups -OCH3 is 1. The second-order valence-electron chi connectivity index (χ2n) is 4.56. The zero-order valence-electron chi connectivity index (χ0n) is 10.8. The van der Waals surface area contributed by atoms with E-state index >= 15 is 0 Å². The molecule has 1 aromatic carbocycles. The highest BCUT2D eigenvalue weighted by Crippen LogP contribution is 2.24. The van der Waals surface area contributed by atoms with Gasteiger partial charge < -0.3 is 15.4 Å². The number of halogens is 2. The third-order valence-corrected chi connectivity index (χ3v) is 3.32. The first-order valence-corrected chi connectivity index (χ1v) is 6.05. The molecule has 0 heterocycles. The van der Waals surface area contributed by atoms with Crippen LogP contribution >= 0.6 is 0 Å². The summed E-state index contributed by atoms with van der Waals surface area (Å²) >= 11 is 0. The SMILES string of the molecule is CNc1c(F)cc(C(=O)NC2CC(OC)C2)cc1F. The van der Waals surface area contributed by atoms with Crippen molar-refractivity contribution in [2.75, 3.05) is 19.5 Å². The molecule has 0 bridgehead atoms. The van der Waals surface area contributed by atoms with Crippen molar-refractivity contribution >= 4 is 11.6 Å². The lowest BCUT2D eigenvalue weighted by Gasteiger charge is -2.34. The highest BCUT2D eigenvalue weighted by molar-refractivity contribution is 5.94. The summed E-state index contributed by atoms with van der Waals surface area (Å²) in [6.45, 7) is 0. The summed E-state index contributed by atoms with van der Waals surface area (Å²) in [6, 6.07) is 2.06. The molecule has 1 aliphatic carbocycles. The van der Waals surface area contributed by atoms with Crippen LogP contribution in [0, 0.1) is 11.6 Å². The fraction of sp³-hybridized carbons (Fsp3) is 0.462. The molecule has 0 saturated heterocycles. The highest BCUT2D eigenvalue weighted by atomic mass is 19.1. The number of ether oxygens (including phenoxy) is 1. The van der Waals surface area contributed by atoms with E-state index < -0.39 is 17.5 Å². The van der Waals surface area contributed by atoms with E-state index in [1.165, 1.54) is 7.05 Å². The van der Waals surface area contributed by atoms with Crippen molar-refractivity contribution in [2.45, 2.75) is 25.0 Å². The Kier molecular flexibility index (Phi) is 3.99. The van der Waals surface area contributed by atoms with Crippen LogP contribution in [-0.4, -0.2) is 32.2 Å². The zero-order valence-corrected chi connectivity index (χ0v) is 10.8. The number of rotatable bonds is 4. The predicted octanol–water partition coefficient (Wildman–Crippen LogP) is 1.91. The Bertz CT molecular complexity index is 465. The fourth-order valence-electron chi connectivity index (χ4n) is 2.09. The largest absolute Gasteiger partial charge is 0.383 e. The van der Waals surface area contributed by atoms with Crippen molar-refractivity contribution < 1.29 is 18.3 Å². The highest BCUT2D eigenvalue weighted by Gasteiger charge is 2.30. The Balaban J connectivity index is 2.04. The Morgan fingerprint density at radius 1 is 1.32 bits per heavy atom. The fourth-order valence-corrected chi connectivity index (χ4v) is 2.09. The van der Waals surface area contributed by atoms with E-state index in [0.29, 0.717) is 0 Å². The monoisotopic (exact) mass is 270 g/mol. The topological polar surface area (TPSA) is 50.4 Å². The van der Waals surface area contributed by atoms with E-state index in [1.54, 1.807) is 7.11 Å². The lowest BCUT2D eigenvalue weighted by molar-refractivity contribution is 0.0176. The van der Waals surface area contributed by atoms with E-state index in [1.807, 2.05) is 0 Å². The number of hydrogen-bond donors (Lipinski definition) is 2. The normalized spacial score (nSPS) is 21.7. The molecule has 1 aliphatic rings. The van der Waals surface area contributed by atoms with Crippen molar-refractivity contribution in [3.63, 3.8) is 0 Å². The van der Waals surface area contributed by atoms with Gasteiger partial charge in [-0.25, -0.2) is 8.78 Å². The maximum absolute atomic E-state index is 13.5. The van der Waals surface area contributed by atoms with Gasteiger partial charge in [0.25, 0.3) is 5.91 Å². The van der Waals surface area contributed by atoms with Crippen LogP contribution in [0.5, 0.6) is 0 Å². The molecule has 1 saturated carbocycles. The van der Waals surface area contributed by atoms with Gasteiger partial charge in [0, 0.05) is 25.8 Å². The molecule has 0 spiro atoms. The number of amides is 1. The zero-order chi connectivity index (χ0) is 14.0. The van der Waals surface area contributed by atoms with E-state index in [9.17, 15) is 13.6 Å². The lowest BCUT2D eigenvalue weighted by atomic mass is 9.89. The van der Waals surface area contributed by atoms with Crippen molar-refractivity contribution in [1.29, 1.82) is 0 Å². The van der Waals surface area contributed by atoms with Gasteiger partial charge >= 0.3 is 0 Å². The molecule has 1 amide bonds. The summed E-state index contributed by atoms with van der Waals surface area (Å²) in [6.07, 6.45) is 1.61. The second-order valence-corrected chi connectivity index (χ2v) is 4.56. The minimum absolute atomic E-state index is 0.00699. The van der Waals surface area contributed by atoms with Crippen LogP contribution < -0.4 is 10.6 Å². The summed E-state index contributed by atoms with van der Waals surface area (Å²) in [5.74, 6) is -2.04. The molecule has 19 heavy (non-hydrogen) atoms. The molecular weight excluding hydrogens is 254 g/mol. The van der Waals surface area contributed by atoms with Crippen LogP contribution in [0.3, 0.4) is 0 Å². The molecule has 0 aromatic heterocycles. The maximum atomic E-state index is 13.5. The van der Waals surface area contributed by atoms with Gasteiger partial charge in [-0.1, -0.05) is 0 Å². The maximum Gasteiger partial charge on any atom is 0.251 e. The first-order chi connectivity index (χ1) is 9.05. The van der Waals surface area contributed by atoms with Gasteiger partial charge in [-0.05, 0) is 25.0 Å². The smallest absolute Gasteiger partial charge is 0.251 e. The van der Waals surface area contributed by atoms with Gasteiger partial charge in [0.05, 0.1) is 6.10 Å². The van der Waals surface area contributed by atoms with Crippen molar-refractivity contribution in [3.8, 4) is 0 Å². The summed E-state index contributed by atoms with van der Waals surface area (Å²) in [4.78, 5) is 11.8. The van der Waals surface area contributed by atoms with E-state index in [-0.39, 0.29) is 23.4 Å². The first-order valence-electron chi connectivity index (χ1n) is 6.05. The standard InChI is InChI=1S/C13H16F2N2O2/c1-16-12-10(14)3-7(4-11(12)15)13(18)17-8-5-9(6-8)19-2/h3-4,8-9,16H,5-6H2,1-2H3,(H,17,18). The van der Waals surface area contributed by atoms with E-state index in [0.717, 1.165) is 25.0 Å². The molecule has 2 rings (SSSR count). The van der Waals surface area contributed by atoms with Crippen LogP contribution in [0.1, 0.15) is 23.2 Å². The van der Waals surface area contributed by atoms with E-state index in [2.05, 4.69) is 10.6 Å². The van der Waals surface area contributed by atoms with Crippen molar-refractivity contribution in [2.24, 2.45) is 0 Å². The molecule has 2 N–H and O–H groups in total. The Morgan fingerprint density at radius 2 is 1.89 bits per heavy atom. The third-order valence-electron chi connectivity index (χ3n) is 3.32. The van der Waals surface area contributed by atoms with Crippen molar-refractivity contribution in [1.82, 2.24) is 5.32 Å². The van der Waals surface area contributed by atoms with Crippen LogP contribution in [0.15, 0.2) is 12.1 Å². The number of carbonyl (C=O) groups excluding carboxylic acids is 1. The average Bonchev–Trinajstić information content (AvgIpc) is 2.32. The Hall–Kier alpha value is -1.69. The van der Waals surface area contributed by atoms with Crippen LogP contribution in [0.4, 0.5) is 14.5 Å². The van der Waals surface area contributed by atoms with Gasteiger partial charge in [0.2, 0.25) is 0 Å². The Morgan fingerprint density at radius 3 is 2.37 bits per heavy atom. The molecule has 4 nitrogen and oxygen atoms in total. The number of hydrogen-bond acceptors (Lipinski definition) is 3. The van der Waals surface area contributed by atoms with Gasteiger partial charge in [0.1, 0.15) is 17.3 Å². The Labute approximate surface area is 110 Å². The molecule has 1 aromatic rings. The lowest BCUT2D eigenvalue weighted by Crippen LogP contribution is -2.47. The van der Waals surface area contributed by atoms with Gasteiger partial charge in [-0.15, -0.1) is 0 Å². The van der Waals surface area contributed by atoms with Crippen molar-refractivity contribution in [3.05, 3.63) is 29.3 Å². The van der Waals surface area contributed by atoms with Gasteiger partial charge in [-0.2, -0.15) is 0 Å². The minimum Gasteiger partial charge on any atom is -0.383 e. The van der Waals surface area contributed by atoms with Crippen LogP contribution in [0.2, 0.25) is 0 Å². The predicted molar refractivity (Wildman–Crippen MR) is 67.2 cm³/mol. The second kappa shape index (κ2) is 5.52. The van der Waals surface area contributed by atoms with Crippen LogP contribution in [0.25, 0.3) is 0 Å². The summed E-state index contributed by atoms with van der Waals surface area (Å²) < 4.78 is 32.1. The first kappa shape index (κ1) is 13.7. The van der Waals surface area contributed by atoms with Gasteiger partial charge in [0.15, 0.2) is 0 Å². The number of carbonyl (C=O) groups is 1. The molecule has 6 heteroatoms. The van der Waals surface area contributed by atoms with Crippen LogP contribution in [-0.2, 0) is 4.74 Å². The molecule has 1 fully saturated rings.